The Labute approximate surface area is 205 Å². The first-order valence-corrected chi connectivity index (χ1v) is 11.0. The van der Waals surface area contributed by atoms with E-state index in [4.69, 9.17) is 9.47 Å². The Hall–Kier alpha value is -3.98. The van der Waals surface area contributed by atoms with Crippen LogP contribution in [-0.2, 0) is 4.79 Å². The molecule has 3 aromatic rings. The van der Waals surface area contributed by atoms with Crippen molar-refractivity contribution in [2.75, 3.05) is 13.7 Å². The van der Waals surface area contributed by atoms with Crippen molar-refractivity contribution in [3.05, 3.63) is 93.5 Å². The molecule has 2 amide bonds. The van der Waals surface area contributed by atoms with Crippen LogP contribution in [-0.4, -0.2) is 37.7 Å². The predicted octanol–water partition coefficient (Wildman–Crippen LogP) is 3.87. The number of carbonyl (C=O) groups is 3. The van der Waals surface area contributed by atoms with Crippen molar-refractivity contribution < 1.29 is 23.9 Å². The fourth-order valence-electron chi connectivity index (χ4n) is 2.78. The lowest BCUT2D eigenvalue weighted by Crippen LogP contribution is -2.34. The van der Waals surface area contributed by atoms with Crippen LogP contribution in [0.5, 0.6) is 11.5 Å². The lowest BCUT2D eigenvalue weighted by Gasteiger charge is -2.08. The molecule has 0 aromatic heterocycles. The van der Waals surface area contributed by atoms with E-state index in [1.165, 1.54) is 13.3 Å². The van der Waals surface area contributed by atoms with Crippen molar-refractivity contribution in [3.8, 4) is 11.5 Å². The summed E-state index contributed by atoms with van der Waals surface area (Å²) in [5, 5.41) is 6.41. The minimum Gasteiger partial charge on any atom is -0.497 e. The Balaban J connectivity index is 1.57. The third kappa shape index (κ3) is 7.01. The highest BCUT2D eigenvalue weighted by molar-refractivity contribution is 9.10. The molecule has 8 nitrogen and oxygen atoms in total. The molecule has 0 aliphatic carbocycles. The molecule has 174 valence electrons. The van der Waals surface area contributed by atoms with Gasteiger partial charge in [0, 0.05) is 15.6 Å². The topological polar surface area (TPSA) is 106 Å². The smallest absolute Gasteiger partial charge is 0.343 e. The van der Waals surface area contributed by atoms with E-state index in [-0.39, 0.29) is 12.3 Å². The maximum absolute atomic E-state index is 12.5. The highest BCUT2D eigenvalue weighted by atomic mass is 79.9. The summed E-state index contributed by atoms with van der Waals surface area (Å²) in [6.45, 7) is 1.66. The highest BCUT2D eigenvalue weighted by Gasteiger charge is 2.12. The lowest BCUT2D eigenvalue weighted by atomic mass is 10.1. The van der Waals surface area contributed by atoms with Crippen LogP contribution >= 0.6 is 15.9 Å². The maximum Gasteiger partial charge on any atom is 0.343 e. The van der Waals surface area contributed by atoms with Crippen LogP contribution in [0, 0.1) is 6.92 Å². The SMILES string of the molecule is COc1ccc(C(=O)NCC(=O)N/N=C\c2cc(Br)ccc2OC(=O)c2ccc(C)cc2)cc1. The second kappa shape index (κ2) is 11.8. The van der Waals surface area contributed by atoms with Gasteiger partial charge in [-0.15, -0.1) is 0 Å². The molecule has 0 spiro atoms. The minimum absolute atomic E-state index is 0.268. The first-order chi connectivity index (χ1) is 16.4. The Kier molecular flexibility index (Phi) is 8.53. The van der Waals surface area contributed by atoms with Gasteiger partial charge >= 0.3 is 5.97 Å². The summed E-state index contributed by atoms with van der Waals surface area (Å²) in [5.41, 5.74) is 4.64. The summed E-state index contributed by atoms with van der Waals surface area (Å²) in [4.78, 5) is 36.6. The predicted molar refractivity (Wildman–Crippen MR) is 131 cm³/mol. The molecule has 2 N–H and O–H groups in total. The first-order valence-electron chi connectivity index (χ1n) is 10.2. The molecule has 3 aromatic carbocycles. The fraction of sp³-hybridized carbons (Fsp3) is 0.120. The van der Waals surface area contributed by atoms with E-state index in [0.717, 1.165) is 10.0 Å². The average Bonchev–Trinajstić information content (AvgIpc) is 2.84. The number of carbonyl (C=O) groups excluding carboxylic acids is 3. The quantitative estimate of drug-likeness (QED) is 0.202. The van der Waals surface area contributed by atoms with E-state index in [9.17, 15) is 14.4 Å². The van der Waals surface area contributed by atoms with Crippen LogP contribution in [0.4, 0.5) is 0 Å². The average molecular weight is 524 g/mol. The second-order valence-corrected chi connectivity index (χ2v) is 8.06. The molecule has 34 heavy (non-hydrogen) atoms. The van der Waals surface area contributed by atoms with Gasteiger partial charge in [0.25, 0.3) is 11.8 Å². The summed E-state index contributed by atoms with van der Waals surface area (Å²) in [7, 11) is 1.53. The van der Waals surface area contributed by atoms with Gasteiger partial charge in [-0.05, 0) is 61.5 Å². The van der Waals surface area contributed by atoms with Crippen molar-refractivity contribution >= 4 is 39.9 Å². The number of benzene rings is 3. The van der Waals surface area contributed by atoms with Gasteiger partial charge in [-0.3, -0.25) is 9.59 Å². The van der Waals surface area contributed by atoms with Crippen LogP contribution in [0.3, 0.4) is 0 Å². The van der Waals surface area contributed by atoms with Crippen molar-refractivity contribution in [2.45, 2.75) is 6.92 Å². The second-order valence-electron chi connectivity index (χ2n) is 7.14. The van der Waals surface area contributed by atoms with Crippen LogP contribution in [0.1, 0.15) is 31.8 Å². The number of rotatable bonds is 8. The third-order valence-corrected chi connectivity index (χ3v) is 5.11. The van der Waals surface area contributed by atoms with Crippen LogP contribution in [0.2, 0.25) is 0 Å². The molecule has 0 radical (unpaired) electrons. The minimum atomic E-state index is -0.522. The van der Waals surface area contributed by atoms with Gasteiger partial charge in [-0.2, -0.15) is 5.10 Å². The van der Waals surface area contributed by atoms with E-state index in [1.54, 1.807) is 54.6 Å². The van der Waals surface area contributed by atoms with Gasteiger partial charge in [0.2, 0.25) is 0 Å². The Bertz CT molecular complexity index is 1210. The molecule has 0 bridgehead atoms. The summed E-state index contributed by atoms with van der Waals surface area (Å²) in [6, 6.07) is 18.5. The molecule has 3 rings (SSSR count). The number of hydrazone groups is 1. The number of aryl methyl sites for hydroxylation is 1. The normalized spacial score (nSPS) is 10.6. The first kappa shape index (κ1) is 24.7. The Morgan fingerprint density at radius 3 is 2.32 bits per heavy atom. The third-order valence-electron chi connectivity index (χ3n) is 4.62. The molecule has 0 aliphatic heterocycles. The number of methoxy groups -OCH3 is 1. The van der Waals surface area contributed by atoms with Crippen molar-refractivity contribution in [1.82, 2.24) is 10.7 Å². The number of amides is 2. The van der Waals surface area contributed by atoms with E-state index in [2.05, 4.69) is 31.8 Å². The van der Waals surface area contributed by atoms with Gasteiger partial charge < -0.3 is 14.8 Å². The van der Waals surface area contributed by atoms with Gasteiger partial charge in [0.15, 0.2) is 0 Å². The maximum atomic E-state index is 12.5. The van der Waals surface area contributed by atoms with Crippen LogP contribution < -0.4 is 20.2 Å². The Morgan fingerprint density at radius 2 is 1.65 bits per heavy atom. The summed E-state index contributed by atoms with van der Waals surface area (Å²) < 4.78 is 11.3. The van der Waals surface area contributed by atoms with E-state index in [1.807, 2.05) is 19.1 Å². The monoisotopic (exact) mass is 523 g/mol. The Morgan fingerprint density at radius 1 is 0.971 bits per heavy atom. The molecule has 9 heteroatoms. The number of hydrogen-bond acceptors (Lipinski definition) is 6. The zero-order chi connectivity index (χ0) is 24.5. The van der Waals surface area contributed by atoms with Gasteiger partial charge in [0.05, 0.1) is 25.4 Å². The summed E-state index contributed by atoms with van der Waals surface area (Å²) >= 11 is 3.36. The van der Waals surface area contributed by atoms with Crippen molar-refractivity contribution in [1.29, 1.82) is 0 Å². The molecule has 0 atom stereocenters. The number of hydrogen-bond donors (Lipinski definition) is 2. The molecular formula is C25H22BrN3O5. The zero-order valence-corrected chi connectivity index (χ0v) is 20.1. The molecule has 0 saturated heterocycles. The highest BCUT2D eigenvalue weighted by Crippen LogP contribution is 2.23. The lowest BCUT2D eigenvalue weighted by molar-refractivity contribution is -0.120. The van der Waals surface area contributed by atoms with Crippen molar-refractivity contribution in [3.63, 3.8) is 0 Å². The fourth-order valence-corrected chi connectivity index (χ4v) is 3.16. The van der Waals surface area contributed by atoms with Crippen LogP contribution in [0.15, 0.2) is 76.3 Å². The molecule has 0 aliphatic rings. The van der Waals surface area contributed by atoms with Gasteiger partial charge in [0.1, 0.15) is 11.5 Å². The zero-order valence-electron chi connectivity index (χ0n) is 18.5. The molecule has 0 unspecified atom stereocenters. The standard InChI is InChI=1S/C25H22BrN3O5/c1-16-3-5-18(6-4-16)25(32)34-22-12-9-20(26)13-19(22)14-28-29-23(30)15-27-24(31)17-7-10-21(33-2)11-8-17/h3-14H,15H2,1-2H3,(H,27,31)(H,29,30)/b28-14-. The molecule has 0 saturated carbocycles. The van der Waals surface area contributed by atoms with Crippen molar-refractivity contribution in [2.24, 2.45) is 5.10 Å². The van der Waals surface area contributed by atoms with Gasteiger partial charge in [-0.25, -0.2) is 10.2 Å². The summed E-state index contributed by atoms with van der Waals surface area (Å²) in [5.74, 6) is -0.535. The molecular weight excluding hydrogens is 502 g/mol. The van der Waals surface area contributed by atoms with E-state index < -0.39 is 17.8 Å². The number of halogens is 1. The van der Waals surface area contributed by atoms with Crippen LogP contribution in [0.25, 0.3) is 0 Å². The number of esters is 1. The number of nitrogens with one attached hydrogen (secondary N) is 2. The van der Waals surface area contributed by atoms with E-state index in [0.29, 0.717) is 22.4 Å². The van der Waals surface area contributed by atoms with E-state index >= 15 is 0 Å². The largest absolute Gasteiger partial charge is 0.497 e. The number of nitrogens with zero attached hydrogens (tertiary/aromatic N) is 1. The summed E-state index contributed by atoms with van der Waals surface area (Å²) in [6.07, 6.45) is 1.35. The molecule has 0 heterocycles. The molecule has 0 fully saturated rings. The number of ether oxygens (including phenoxy) is 2. The van der Waals surface area contributed by atoms with Gasteiger partial charge in [-0.1, -0.05) is 33.6 Å².